The highest BCUT2D eigenvalue weighted by atomic mass is 16.6. The first-order chi connectivity index (χ1) is 4.10. The van der Waals surface area contributed by atoms with E-state index >= 15 is 0 Å². The van der Waals surface area contributed by atoms with Crippen LogP contribution in [0.25, 0.3) is 0 Å². The van der Waals surface area contributed by atoms with Crippen LogP contribution in [-0.4, -0.2) is 12.6 Å². The van der Waals surface area contributed by atoms with Crippen molar-refractivity contribution in [1.29, 1.82) is 0 Å². The van der Waals surface area contributed by atoms with Gasteiger partial charge in [-0.05, 0) is 18.8 Å². The van der Waals surface area contributed by atoms with Crippen molar-refractivity contribution in [2.24, 2.45) is 5.41 Å². The van der Waals surface area contributed by atoms with E-state index in [1.165, 1.54) is 6.42 Å². The zero-order valence-electron chi connectivity index (χ0n) is 6.40. The summed E-state index contributed by atoms with van der Waals surface area (Å²) < 4.78 is 0. The zero-order valence-corrected chi connectivity index (χ0v) is 6.40. The summed E-state index contributed by atoms with van der Waals surface area (Å²) in [4.78, 5) is 5.15. The van der Waals surface area contributed by atoms with Gasteiger partial charge in [0.15, 0.2) is 0 Å². The first-order valence-electron chi connectivity index (χ1n) is 3.47. The molecule has 1 aliphatic rings. The maximum absolute atomic E-state index is 5.15. The lowest BCUT2D eigenvalue weighted by Crippen LogP contribution is -2.41. The van der Waals surface area contributed by atoms with Gasteiger partial charge in [-0.3, -0.25) is 0 Å². The van der Waals surface area contributed by atoms with E-state index < -0.39 is 0 Å². The van der Waals surface area contributed by atoms with Gasteiger partial charge in [0.05, 0.1) is 6.61 Å². The molecule has 2 heteroatoms. The average molecular weight is 129 g/mol. The fourth-order valence-electron chi connectivity index (χ4n) is 1.31. The van der Waals surface area contributed by atoms with Crippen LogP contribution < -0.4 is 5.48 Å². The van der Waals surface area contributed by atoms with Crippen LogP contribution in [0.1, 0.15) is 27.2 Å². The molecule has 0 aromatic rings. The molecular formula is C7H15NO. The van der Waals surface area contributed by atoms with Crippen molar-refractivity contribution < 1.29 is 4.84 Å². The van der Waals surface area contributed by atoms with Crippen molar-refractivity contribution in [3.8, 4) is 0 Å². The summed E-state index contributed by atoms with van der Waals surface area (Å²) in [6, 6.07) is 0.508. The molecule has 1 saturated heterocycles. The second-order valence-corrected chi connectivity index (χ2v) is 3.68. The van der Waals surface area contributed by atoms with E-state index in [-0.39, 0.29) is 0 Å². The van der Waals surface area contributed by atoms with Crippen molar-refractivity contribution >= 4 is 0 Å². The van der Waals surface area contributed by atoms with Gasteiger partial charge in [-0.2, -0.15) is 5.48 Å². The summed E-state index contributed by atoms with van der Waals surface area (Å²) in [6.07, 6.45) is 1.20. The van der Waals surface area contributed by atoms with Crippen molar-refractivity contribution in [1.82, 2.24) is 5.48 Å². The summed E-state index contributed by atoms with van der Waals surface area (Å²) in [6.45, 7) is 7.42. The van der Waals surface area contributed by atoms with Crippen LogP contribution in [0.5, 0.6) is 0 Å². The van der Waals surface area contributed by atoms with Crippen molar-refractivity contribution in [3.63, 3.8) is 0 Å². The normalized spacial score (nSPS) is 34.3. The lowest BCUT2D eigenvalue weighted by molar-refractivity contribution is -0.0749. The van der Waals surface area contributed by atoms with E-state index in [1.807, 2.05) is 0 Å². The summed E-state index contributed by atoms with van der Waals surface area (Å²) in [7, 11) is 0. The van der Waals surface area contributed by atoms with Gasteiger partial charge >= 0.3 is 0 Å². The van der Waals surface area contributed by atoms with E-state index in [0.717, 1.165) is 6.61 Å². The Balaban J connectivity index is 2.41. The van der Waals surface area contributed by atoms with E-state index in [1.54, 1.807) is 0 Å². The fraction of sp³-hybridized carbons (Fsp3) is 1.00. The first kappa shape index (κ1) is 7.03. The van der Waals surface area contributed by atoms with Crippen LogP contribution in [0, 0.1) is 5.41 Å². The van der Waals surface area contributed by atoms with Crippen LogP contribution >= 0.6 is 0 Å². The predicted octanol–water partition coefficient (Wildman–Crippen LogP) is 1.33. The molecule has 1 aliphatic heterocycles. The largest absolute Gasteiger partial charge is 0.301 e. The molecule has 1 atom stereocenters. The molecule has 1 rings (SSSR count). The summed E-state index contributed by atoms with van der Waals surface area (Å²) >= 11 is 0. The third-order valence-electron chi connectivity index (χ3n) is 1.61. The minimum atomic E-state index is 0.366. The molecule has 0 aliphatic carbocycles. The number of hydroxylamine groups is 1. The SMILES string of the molecule is CC1CC(C)(C)CON1. The van der Waals surface area contributed by atoms with E-state index in [4.69, 9.17) is 4.84 Å². The molecule has 1 fully saturated rings. The Bertz CT molecular complexity index is 101. The van der Waals surface area contributed by atoms with Gasteiger partial charge in [0, 0.05) is 6.04 Å². The summed E-state index contributed by atoms with van der Waals surface area (Å²) in [5.74, 6) is 0. The van der Waals surface area contributed by atoms with Gasteiger partial charge < -0.3 is 4.84 Å². The number of nitrogens with one attached hydrogen (secondary N) is 1. The van der Waals surface area contributed by atoms with Crippen molar-refractivity contribution in [2.45, 2.75) is 33.2 Å². The quantitative estimate of drug-likeness (QED) is 0.532. The highest BCUT2D eigenvalue weighted by Crippen LogP contribution is 2.25. The van der Waals surface area contributed by atoms with Crippen LogP contribution in [0.4, 0.5) is 0 Å². The molecule has 0 saturated carbocycles. The van der Waals surface area contributed by atoms with Gasteiger partial charge in [-0.15, -0.1) is 0 Å². The molecule has 54 valence electrons. The average Bonchev–Trinajstić information content (AvgIpc) is 1.60. The standard InChI is InChI=1S/C7H15NO/c1-6-4-7(2,3)5-9-8-6/h6,8H,4-5H2,1-3H3. The Kier molecular flexibility index (Phi) is 1.78. The molecule has 0 bridgehead atoms. The highest BCUT2D eigenvalue weighted by Gasteiger charge is 2.25. The molecule has 2 nitrogen and oxygen atoms in total. The maximum atomic E-state index is 5.15. The molecule has 0 radical (unpaired) electrons. The van der Waals surface area contributed by atoms with Gasteiger partial charge in [0.2, 0.25) is 0 Å². The third-order valence-corrected chi connectivity index (χ3v) is 1.61. The molecule has 1 N–H and O–H groups in total. The van der Waals surface area contributed by atoms with Crippen LogP contribution in [-0.2, 0) is 4.84 Å². The Morgan fingerprint density at radius 3 is 2.56 bits per heavy atom. The molecule has 0 amide bonds. The van der Waals surface area contributed by atoms with Gasteiger partial charge in [0.1, 0.15) is 0 Å². The van der Waals surface area contributed by atoms with Crippen molar-refractivity contribution in [3.05, 3.63) is 0 Å². The van der Waals surface area contributed by atoms with Crippen LogP contribution in [0.2, 0.25) is 0 Å². The van der Waals surface area contributed by atoms with E-state index in [0.29, 0.717) is 11.5 Å². The van der Waals surface area contributed by atoms with E-state index in [9.17, 15) is 0 Å². The zero-order chi connectivity index (χ0) is 6.91. The molecule has 0 aromatic heterocycles. The minimum absolute atomic E-state index is 0.366. The number of rotatable bonds is 0. The predicted molar refractivity (Wildman–Crippen MR) is 36.9 cm³/mol. The number of hydrogen-bond donors (Lipinski definition) is 1. The highest BCUT2D eigenvalue weighted by molar-refractivity contribution is 4.75. The van der Waals surface area contributed by atoms with Gasteiger partial charge in [-0.1, -0.05) is 13.8 Å². The van der Waals surface area contributed by atoms with Gasteiger partial charge in [0.25, 0.3) is 0 Å². The second kappa shape index (κ2) is 2.27. The Hall–Kier alpha value is -0.0800. The lowest BCUT2D eigenvalue weighted by Gasteiger charge is -2.33. The smallest absolute Gasteiger partial charge is 0.0733 e. The monoisotopic (exact) mass is 129 g/mol. The molecule has 0 aromatic carbocycles. The lowest BCUT2D eigenvalue weighted by atomic mass is 9.86. The van der Waals surface area contributed by atoms with E-state index in [2.05, 4.69) is 26.3 Å². The molecule has 9 heavy (non-hydrogen) atoms. The Labute approximate surface area is 56.5 Å². The molecule has 0 spiro atoms. The fourth-order valence-corrected chi connectivity index (χ4v) is 1.31. The first-order valence-corrected chi connectivity index (χ1v) is 3.47. The van der Waals surface area contributed by atoms with Crippen molar-refractivity contribution in [2.75, 3.05) is 6.61 Å². The van der Waals surface area contributed by atoms with Crippen LogP contribution in [0.15, 0.2) is 0 Å². The van der Waals surface area contributed by atoms with Gasteiger partial charge in [-0.25, -0.2) is 0 Å². The third kappa shape index (κ3) is 1.95. The van der Waals surface area contributed by atoms with Crippen LogP contribution in [0.3, 0.4) is 0 Å². The maximum Gasteiger partial charge on any atom is 0.0733 e. The summed E-state index contributed by atoms with van der Waals surface area (Å²) in [5.41, 5.74) is 3.30. The minimum Gasteiger partial charge on any atom is -0.301 e. The Morgan fingerprint density at radius 2 is 2.22 bits per heavy atom. The molecular weight excluding hydrogens is 114 g/mol. The topological polar surface area (TPSA) is 21.3 Å². The Morgan fingerprint density at radius 1 is 1.56 bits per heavy atom. The molecule has 1 heterocycles. The molecule has 1 unspecified atom stereocenters. The number of hydrogen-bond acceptors (Lipinski definition) is 2. The summed E-state index contributed by atoms with van der Waals surface area (Å²) in [5, 5.41) is 0. The second-order valence-electron chi connectivity index (χ2n) is 3.68.